The Bertz CT molecular complexity index is 378. The van der Waals surface area contributed by atoms with Crippen molar-refractivity contribution in [1.29, 1.82) is 0 Å². The van der Waals surface area contributed by atoms with Crippen LogP contribution in [0.2, 0.25) is 0 Å². The molecular weight excluding hydrogens is 188 g/mol. The molecule has 72 valence electrons. The van der Waals surface area contributed by atoms with E-state index in [1.165, 1.54) is 0 Å². The van der Waals surface area contributed by atoms with Gasteiger partial charge in [-0.15, -0.1) is 0 Å². The smallest absolute Gasteiger partial charge is 0.356 e. The van der Waals surface area contributed by atoms with Crippen molar-refractivity contribution in [3.8, 4) is 0 Å². The second-order valence-electron chi connectivity index (χ2n) is 2.68. The van der Waals surface area contributed by atoms with E-state index in [0.29, 0.717) is 17.1 Å². The number of esters is 1. The number of aryl methyl sites for hydroxylation is 1. The summed E-state index contributed by atoms with van der Waals surface area (Å²) in [5, 5.41) is 0. The molecule has 1 rings (SSSR count). The first-order valence-corrected chi connectivity index (χ1v) is 4.41. The predicted octanol–water partition coefficient (Wildman–Crippen LogP) is 1.57. The highest BCUT2D eigenvalue weighted by Gasteiger charge is 2.15. The first-order chi connectivity index (χ1) is 6.07. The molecule has 0 fully saturated rings. The fourth-order valence-electron chi connectivity index (χ4n) is 1.15. The van der Waals surface area contributed by atoms with E-state index in [1.807, 2.05) is 0 Å². The Morgan fingerprint density at radius 1 is 1.69 bits per heavy atom. The van der Waals surface area contributed by atoms with Gasteiger partial charge in [-0.1, -0.05) is 0 Å². The fraction of sp³-hybridized carbons (Fsp3) is 0.500. The molecule has 0 bridgehead atoms. The lowest BCUT2D eigenvalue weighted by molar-refractivity contribution is 0.0514. The lowest BCUT2D eigenvalue weighted by Crippen LogP contribution is -2.11. The SMILES string of the molecule is CCOC(=O)c1c(C)[nH]c(=S)n1C. The van der Waals surface area contributed by atoms with Gasteiger partial charge in [0.15, 0.2) is 4.77 Å². The van der Waals surface area contributed by atoms with Crippen LogP contribution in [0.1, 0.15) is 23.1 Å². The topological polar surface area (TPSA) is 47.0 Å². The lowest BCUT2D eigenvalue weighted by Gasteiger charge is -2.02. The van der Waals surface area contributed by atoms with Crippen LogP contribution in [0, 0.1) is 11.7 Å². The highest BCUT2D eigenvalue weighted by molar-refractivity contribution is 7.71. The Balaban J connectivity index is 3.13. The summed E-state index contributed by atoms with van der Waals surface area (Å²) in [6.07, 6.45) is 0. The molecule has 5 heteroatoms. The van der Waals surface area contributed by atoms with Crippen LogP contribution in [-0.2, 0) is 11.8 Å². The quantitative estimate of drug-likeness (QED) is 0.582. The first kappa shape index (κ1) is 9.98. The van der Waals surface area contributed by atoms with Gasteiger partial charge in [-0.25, -0.2) is 4.79 Å². The maximum atomic E-state index is 11.4. The Morgan fingerprint density at radius 2 is 2.31 bits per heavy atom. The Labute approximate surface area is 81.5 Å². The Hall–Kier alpha value is -1.10. The van der Waals surface area contributed by atoms with Gasteiger partial charge in [-0.3, -0.25) is 0 Å². The number of aromatic amines is 1. The zero-order valence-corrected chi connectivity index (χ0v) is 8.70. The van der Waals surface area contributed by atoms with Crippen molar-refractivity contribution in [2.45, 2.75) is 13.8 Å². The molecule has 0 spiro atoms. The van der Waals surface area contributed by atoms with E-state index in [-0.39, 0.29) is 5.97 Å². The summed E-state index contributed by atoms with van der Waals surface area (Å²) in [6.45, 7) is 3.94. The van der Waals surface area contributed by atoms with Crippen LogP contribution in [-0.4, -0.2) is 22.1 Å². The van der Waals surface area contributed by atoms with Crippen molar-refractivity contribution in [3.63, 3.8) is 0 Å². The van der Waals surface area contributed by atoms with Gasteiger partial charge in [0.2, 0.25) is 0 Å². The number of carbonyl (C=O) groups is 1. The minimum absolute atomic E-state index is 0.338. The van der Waals surface area contributed by atoms with Crippen molar-refractivity contribution in [3.05, 3.63) is 16.2 Å². The zero-order chi connectivity index (χ0) is 10.0. The molecule has 13 heavy (non-hydrogen) atoms. The number of nitrogens with one attached hydrogen (secondary N) is 1. The average molecular weight is 200 g/mol. The second-order valence-corrected chi connectivity index (χ2v) is 3.07. The third-order valence-corrected chi connectivity index (χ3v) is 2.13. The molecule has 0 aromatic carbocycles. The van der Waals surface area contributed by atoms with Crippen molar-refractivity contribution >= 4 is 18.2 Å². The Morgan fingerprint density at radius 3 is 2.69 bits per heavy atom. The maximum absolute atomic E-state index is 11.4. The number of hydrogen-bond donors (Lipinski definition) is 1. The molecule has 0 unspecified atom stereocenters. The minimum atomic E-state index is -0.338. The van der Waals surface area contributed by atoms with E-state index >= 15 is 0 Å². The van der Waals surface area contributed by atoms with Crippen molar-refractivity contribution in [2.75, 3.05) is 6.61 Å². The van der Waals surface area contributed by atoms with E-state index in [4.69, 9.17) is 17.0 Å². The molecule has 0 radical (unpaired) electrons. The number of H-pyrrole nitrogens is 1. The number of aromatic nitrogens is 2. The standard InChI is InChI=1S/C8H12N2O2S/c1-4-12-7(11)6-5(2)9-8(13)10(6)3/h4H2,1-3H3,(H,9,13). The van der Waals surface area contributed by atoms with Gasteiger partial charge in [0, 0.05) is 12.7 Å². The molecule has 4 nitrogen and oxygen atoms in total. The van der Waals surface area contributed by atoms with Gasteiger partial charge in [0.05, 0.1) is 6.61 Å². The molecule has 0 saturated heterocycles. The normalized spacial score (nSPS) is 10.1. The first-order valence-electron chi connectivity index (χ1n) is 4.00. The van der Waals surface area contributed by atoms with Crippen LogP contribution in [0.3, 0.4) is 0 Å². The number of carbonyl (C=O) groups excluding carboxylic acids is 1. The van der Waals surface area contributed by atoms with Gasteiger partial charge < -0.3 is 14.3 Å². The third kappa shape index (κ3) is 1.80. The van der Waals surface area contributed by atoms with Crippen LogP contribution in [0.4, 0.5) is 0 Å². The molecule has 0 amide bonds. The summed E-state index contributed by atoms with van der Waals surface area (Å²) < 4.78 is 7.02. The van der Waals surface area contributed by atoms with E-state index in [9.17, 15) is 4.79 Å². The summed E-state index contributed by atoms with van der Waals surface area (Å²) in [5.41, 5.74) is 1.23. The summed E-state index contributed by atoms with van der Waals surface area (Å²) >= 11 is 4.96. The van der Waals surface area contributed by atoms with Crippen LogP contribution in [0.15, 0.2) is 0 Å². The lowest BCUT2D eigenvalue weighted by atomic mass is 10.3. The van der Waals surface area contributed by atoms with Crippen molar-refractivity contribution in [2.24, 2.45) is 7.05 Å². The van der Waals surface area contributed by atoms with Crippen molar-refractivity contribution < 1.29 is 9.53 Å². The highest BCUT2D eigenvalue weighted by Crippen LogP contribution is 2.07. The second kappa shape index (κ2) is 3.74. The van der Waals surface area contributed by atoms with Gasteiger partial charge in [-0.2, -0.15) is 0 Å². The van der Waals surface area contributed by atoms with Crippen LogP contribution >= 0.6 is 12.2 Å². The van der Waals surface area contributed by atoms with Crippen LogP contribution in [0.25, 0.3) is 0 Å². The van der Waals surface area contributed by atoms with Gasteiger partial charge in [-0.05, 0) is 26.1 Å². The summed E-state index contributed by atoms with van der Waals surface area (Å²) in [6, 6.07) is 0. The predicted molar refractivity (Wildman–Crippen MR) is 51.3 cm³/mol. The monoisotopic (exact) mass is 200 g/mol. The molecule has 0 aliphatic rings. The number of nitrogens with zero attached hydrogens (tertiary/aromatic N) is 1. The van der Waals surface area contributed by atoms with Crippen LogP contribution in [0.5, 0.6) is 0 Å². The van der Waals surface area contributed by atoms with E-state index in [1.54, 1.807) is 25.5 Å². The van der Waals surface area contributed by atoms with Gasteiger partial charge in [0.1, 0.15) is 5.69 Å². The fourth-order valence-corrected chi connectivity index (χ4v) is 1.39. The molecule has 0 aliphatic heterocycles. The van der Waals surface area contributed by atoms with Gasteiger partial charge >= 0.3 is 5.97 Å². The Kier molecular flexibility index (Phi) is 2.87. The summed E-state index contributed by atoms with van der Waals surface area (Å²) in [7, 11) is 1.73. The zero-order valence-electron chi connectivity index (χ0n) is 7.88. The number of ether oxygens (including phenoxy) is 1. The van der Waals surface area contributed by atoms with E-state index in [0.717, 1.165) is 5.69 Å². The summed E-state index contributed by atoms with van der Waals surface area (Å²) in [4.78, 5) is 14.3. The number of rotatable bonds is 2. The maximum Gasteiger partial charge on any atom is 0.356 e. The molecule has 0 aliphatic carbocycles. The molecule has 1 heterocycles. The molecule has 1 aromatic heterocycles. The van der Waals surface area contributed by atoms with Crippen LogP contribution < -0.4 is 0 Å². The highest BCUT2D eigenvalue weighted by atomic mass is 32.1. The van der Waals surface area contributed by atoms with E-state index in [2.05, 4.69) is 4.98 Å². The summed E-state index contributed by atoms with van der Waals surface area (Å²) in [5.74, 6) is -0.338. The third-order valence-electron chi connectivity index (χ3n) is 1.76. The molecule has 1 aromatic rings. The molecule has 0 saturated carbocycles. The minimum Gasteiger partial charge on any atom is -0.461 e. The molecular formula is C8H12N2O2S. The number of hydrogen-bond acceptors (Lipinski definition) is 3. The number of imidazole rings is 1. The molecule has 0 atom stereocenters. The van der Waals surface area contributed by atoms with E-state index < -0.39 is 0 Å². The van der Waals surface area contributed by atoms with Gasteiger partial charge in [0.25, 0.3) is 0 Å². The average Bonchev–Trinajstić information content (AvgIpc) is 2.27. The molecule has 1 N–H and O–H groups in total. The largest absolute Gasteiger partial charge is 0.461 e. The van der Waals surface area contributed by atoms with Crippen molar-refractivity contribution in [1.82, 2.24) is 9.55 Å².